The van der Waals surface area contributed by atoms with Crippen molar-refractivity contribution in [3.05, 3.63) is 6.92 Å². The van der Waals surface area contributed by atoms with Crippen LogP contribution in [-0.2, 0) is 0 Å². The monoisotopic (exact) mass is 60.0 g/mol. The summed E-state index contributed by atoms with van der Waals surface area (Å²) in [6.45, 7) is 4.25. The lowest BCUT2D eigenvalue weighted by atomic mass is 10.6. The molecule has 0 heterocycles. The van der Waals surface area contributed by atoms with Crippen molar-refractivity contribution in [1.82, 2.24) is 0 Å². The third-order valence-corrected chi connectivity index (χ3v) is 0.109. The summed E-state index contributed by atoms with van der Waals surface area (Å²) in [4.78, 5) is 0. The van der Waals surface area contributed by atoms with Gasteiger partial charge in [0.25, 0.3) is 0 Å². The first-order valence-corrected chi connectivity index (χ1v) is 1.18. The average molecular weight is 60.1 g/mol. The first kappa shape index (κ1) is 3.93. The zero-order valence-corrected chi connectivity index (χ0v) is 2.37. The van der Waals surface area contributed by atoms with E-state index in [1.807, 2.05) is 0 Å². The van der Waals surface area contributed by atoms with E-state index in [0.29, 0.717) is 0 Å². The van der Waals surface area contributed by atoms with Crippen molar-refractivity contribution in [1.29, 1.82) is 0 Å². The van der Waals surface area contributed by atoms with Gasteiger partial charge in [-0.05, 0) is 13.3 Å². The molecule has 0 saturated carbocycles. The second kappa shape index (κ2) is 2.93. The minimum atomic E-state index is -0.403. The van der Waals surface area contributed by atoms with E-state index in [1.165, 1.54) is 0 Å². The van der Waals surface area contributed by atoms with E-state index in [4.69, 9.17) is 0 Å². The lowest BCUT2D eigenvalue weighted by Gasteiger charge is -1.64. The molecule has 24 valence electrons. The molecule has 1 heteroatoms. The van der Waals surface area contributed by atoms with Crippen LogP contribution < -0.4 is 0 Å². The molecule has 0 aliphatic rings. The van der Waals surface area contributed by atoms with Crippen LogP contribution in [0.25, 0.3) is 0 Å². The summed E-state index contributed by atoms with van der Waals surface area (Å²) in [5, 5.41) is 0. The second-order valence-corrected chi connectivity index (χ2v) is 0.478. The molecule has 0 saturated heterocycles. The molecule has 0 nitrogen and oxygen atoms in total. The third-order valence-electron chi connectivity index (χ3n) is 0.109. The van der Waals surface area contributed by atoms with Gasteiger partial charge in [-0.3, -0.25) is 4.39 Å². The molecular formula is C3H5F. The first-order valence-electron chi connectivity index (χ1n) is 1.18. The summed E-state index contributed by atoms with van der Waals surface area (Å²) in [6.07, 6.45) is 0.153. The molecule has 0 atom stereocenters. The van der Waals surface area contributed by atoms with Gasteiger partial charge in [0, 0.05) is 0 Å². The predicted octanol–water partition coefficient (Wildman–Crippen LogP) is 1.06. The number of alkyl halides is 1. The molecule has 0 N–H and O–H groups in total. The van der Waals surface area contributed by atoms with Gasteiger partial charge in [-0.15, -0.1) is 0 Å². The highest BCUT2D eigenvalue weighted by Gasteiger charge is 1.61. The van der Waals surface area contributed by atoms with Crippen LogP contribution in [-0.4, -0.2) is 6.67 Å². The SMILES string of the molecule is [CH]CCF. The first-order chi connectivity index (χ1) is 1.91. The van der Waals surface area contributed by atoms with Gasteiger partial charge in [-0.2, -0.15) is 0 Å². The smallest absolute Gasteiger partial charge is 0.0897 e. The van der Waals surface area contributed by atoms with Crippen molar-refractivity contribution in [3.8, 4) is 0 Å². The summed E-state index contributed by atoms with van der Waals surface area (Å²) in [7, 11) is 0. The fraction of sp³-hybridized carbons (Fsp3) is 0.667. The Kier molecular flexibility index (Phi) is 2.88. The van der Waals surface area contributed by atoms with Crippen molar-refractivity contribution in [2.75, 3.05) is 6.67 Å². The van der Waals surface area contributed by atoms with Gasteiger partial charge >= 0.3 is 0 Å². The predicted molar refractivity (Wildman–Crippen MR) is 14.9 cm³/mol. The van der Waals surface area contributed by atoms with Gasteiger partial charge in [-0.1, -0.05) is 0 Å². The molecule has 0 aromatic rings. The number of hydrogen-bond donors (Lipinski definition) is 0. The summed E-state index contributed by atoms with van der Waals surface area (Å²) in [5.74, 6) is 0. The van der Waals surface area contributed by atoms with Gasteiger partial charge in [-0.25, -0.2) is 0 Å². The van der Waals surface area contributed by atoms with E-state index in [2.05, 4.69) is 6.92 Å². The standard InChI is InChI=1S/C3H5F/c1-2-3-4/h1H,2-3H2. The van der Waals surface area contributed by atoms with E-state index >= 15 is 0 Å². The Hall–Kier alpha value is -0.0700. The maximum Gasteiger partial charge on any atom is 0.0897 e. The number of hydrogen-bond acceptors (Lipinski definition) is 0. The number of rotatable bonds is 1. The van der Waals surface area contributed by atoms with E-state index in [9.17, 15) is 4.39 Å². The lowest BCUT2D eigenvalue weighted by molar-refractivity contribution is 0.500. The lowest BCUT2D eigenvalue weighted by Crippen LogP contribution is -1.59. The maximum absolute atomic E-state index is 10.6. The van der Waals surface area contributed by atoms with E-state index in [0.717, 1.165) is 0 Å². The van der Waals surface area contributed by atoms with Crippen LogP contribution in [0.4, 0.5) is 4.39 Å². The molecule has 0 aliphatic carbocycles. The van der Waals surface area contributed by atoms with E-state index in [1.54, 1.807) is 0 Å². The summed E-state index contributed by atoms with van der Waals surface area (Å²) in [6, 6.07) is 0. The molecular weight excluding hydrogens is 55.0 g/mol. The van der Waals surface area contributed by atoms with E-state index in [-0.39, 0.29) is 6.42 Å². The molecule has 0 aliphatic heterocycles. The molecule has 2 radical (unpaired) electrons. The molecule has 0 aromatic carbocycles. The average Bonchev–Trinajstić information content (AvgIpc) is 1.37. The Bertz CT molecular complexity index is 5.25. The quantitative estimate of drug-likeness (QED) is 0.424. The van der Waals surface area contributed by atoms with Gasteiger partial charge in [0.1, 0.15) is 0 Å². The van der Waals surface area contributed by atoms with Crippen LogP contribution in [0.15, 0.2) is 0 Å². The zero-order valence-electron chi connectivity index (χ0n) is 2.37. The fourth-order valence-corrected chi connectivity index (χ4v) is 0. The highest BCUT2D eigenvalue weighted by Crippen LogP contribution is 1.68. The largest absolute Gasteiger partial charge is 0.251 e. The van der Waals surface area contributed by atoms with Crippen LogP contribution in [0.2, 0.25) is 0 Å². The maximum atomic E-state index is 10.6. The zero-order chi connectivity index (χ0) is 3.41. The Morgan fingerprint density at radius 2 is 2.00 bits per heavy atom. The Morgan fingerprint density at radius 3 is 2.00 bits per heavy atom. The van der Waals surface area contributed by atoms with Crippen molar-refractivity contribution in [2.24, 2.45) is 0 Å². The topological polar surface area (TPSA) is 0 Å². The second-order valence-electron chi connectivity index (χ2n) is 0.478. The van der Waals surface area contributed by atoms with E-state index < -0.39 is 6.67 Å². The van der Waals surface area contributed by atoms with Gasteiger partial charge in [0.15, 0.2) is 0 Å². The molecule has 4 heavy (non-hydrogen) atoms. The van der Waals surface area contributed by atoms with Crippen molar-refractivity contribution in [3.63, 3.8) is 0 Å². The molecule has 0 bridgehead atoms. The van der Waals surface area contributed by atoms with Gasteiger partial charge in [0.05, 0.1) is 6.67 Å². The van der Waals surface area contributed by atoms with Gasteiger partial charge in [0.2, 0.25) is 0 Å². The van der Waals surface area contributed by atoms with Crippen LogP contribution in [0.3, 0.4) is 0 Å². The Balaban J connectivity index is 1.97. The van der Waals surface area contributed by atoms with Crippen LogP contribution in [0.5, 0.6) is 0 Å². The fourth-order valence-electron chi connectivity index (χ4n) is 0. The molecule has 0 unspecified atom stereocenters. The Labute approximate surface area is 25.6 Å². The molecule has 0 amide bonds. The minimum absolute atomic E-state index is 0.153. The van der Waals surface area contributed by atoms with Crippen molar-refractivity contribution >= 4 is 0 Å². The third kappa shape index (κ3) is 1.93. The Morgan fingerprint density at radius 1 is 1.75 bits per heavy atom. The van der Waals surface area contributed by atoms with Crippen molar-refractivity contribution in [2.45, 2.75) is 6.42 Å². The molecule has 0 spiro atoms. The van der Waals surface area contributed by atoms with Crippen LogP contribution in [0, 0.1) is 6.92 Å². The highest BCUT2D eigenvalue weighted by atomic mass is 19.1. The summed E-state index contributed by atoms with van der Waals surface area (Å²) >= 11 is 0. The highest BCUT2D eigenvalue weighted by molar-refractivity contribution is 4.29. The minimum Gasteiger partial charge on any atom is -0.251 e. The van der Waals surface area contributed by atoms with Gasteiger partial charge < -0.3 is 0 Å². The molecule has 0 fully saturated rings. The summed E-state index contributed by atoms with van der Waals surface area (Å²) < 4.78 is 10.6. The molecule has 0 aromatic heterocycles. The van der Waals surface area contributed by atoms with Crippen LogP contribution >= 0.6 is 0 Å². The van der Waals surface area contributed by atoms with Crippen molar-refractivity contribution < 1.29 is 4.39 Å². The normalized spacial score (nSPS) is 7.50. The number of halogens is 1. The molecule has 0 rings (SSSR count). The summed E-state index contributed by atoms with van der Waals surface area (Å²) in [5.41, 5.74) is 0. The van der Waals surface area contributed by atoms with Crippen LogP contribution in [0.1, 0.15) is 6.42 Å².